The molecule has 0 radical (unpaired) electrons. The average molecular weight is 258 g/mol. The maximum atomic E-state index is 5.89. The molecule has 0 spiro atoms. The van der Waals surface area contributed by atoms with Crippen molar-refractivity contribution < 1.29 is 0 Å². The van der Waals surface area contributed by atoms with Gasteiger partial charge in [0.15, 0.2) is 5.82 Å². The zero-order valence-electron chi connectivity index (χ0n) is 12.4. The second-order valence-corrected chi connectivity index (χ2v) is 5.00. The maximum Gasteiger partial charge on any atom is 0.158 e. The van der Waals surface area contributed by atoms with Crippen molar-refractivity contribution in [2.75, 3.05) is 0 Å². The highest BCUT2D eigenvalue weighted by Gasteiger charge is 2.16. The van der Waals surface area contributed by atoms with Crippen LogP contribution in [0.1, 0.15) is 40.7 Å². The van der Waals surface area contributed by atoms with Crippen LogP contribution in [0, 0.1) is 27.7 Å². The molecule has 4 nitrogen and oxygen atoms in total. The van der Waals surface area contributed by atoms with E-state index in [1.807, 2.05) is 18.5 Å². The fourth-order valence-corrected chi connectivity index (χ4v) is 2.66. The van der Waals surface area contributed by atoms with Crippen LogP contribution in [-0.4, -0.2) is 14.8 Å². The number of nitrogens with zero attached hydrogens (tertiary/aromatic N) is 3. The molecule has 0 unspecified atom stereocenters. The highest BCUT2D eigenvalue weighted by Crippen LogP contribution is 2.22. The Balaban J connectivity index is 2.71. The lowest BCUT2D eigenvalue weighted by Crippen LogP contribution is -2.12. The Morgan fingerprint density at radius 3 is 2.37 bits per heavy atom. The Bertz CT molecular complexity index is 611. The van der Waals surface area contributed by atoms with E-state index in [2.05, 4.69) is 36.9 Å². The van der Waals surface area contributed by atoms with Crippen molar-refractivity contribution in [1.82, 2.24) is 14.8 Å². The summed E-state index contributed by atoms with van der Waals surface area (Å²) in [5.41, 5.74) is 12.7. The van der Waals surface area contributed by atoms with E-state index in [-0.39, 0.29) is 0 Å². The first kappa shape index (κ1) is 13.7. The Morgan fingerprint density at radius 2 is 1.84 bits per heavy atom. The van der Waals surface area contributed by atoms with Gasteiger partial charge in [0.2, 0.25) is 0 Å². The third-order valence-corrected chi connectivity index (χ3v) is 3.65. The minimum Gasteiger partial charge on any atom is -0.326 e. The molecule has 0 saturated heterocycles. The van der Waals surface area contributed by atoms with Gasteiger partial charge in [-0.05, 0) is 51.3 Å². The Hall–Kier alpha value is -1.68. The van der Waals surface area contributed by atoms with Gasteiger partial charge in [-0.2, -0.15) is 5.10 Å². The molecule has 0 amide bonds. The van der Waals surface area contributed by atoms with Gasteiger partial charge in [-0.25, -0.2) is 9.67 Å². The number of rotatable bonds is 3. The fraction of sp³-hybridized carbons (Fsp3) is 0.467. The van der Waals surface area contributed by atoms with Crippen molar-refractivity contribution in [2.24, 2.45) is 5.73 Å². The molecule has 2 aromatic rings. The summed E-state index contributed by atoms with van der Waals surface area (Å²) >= 11 is 0. The molecular formula is C15H22N4. The predicted octanol–water partition coefficient (Wildman–Crippen LogP) is 2.52. The van der Waals surface area contributed by atoms with Crippen LogP contribution in [-0.2, 0) is 13.0 Å². The van der Waals surface area contributed by atoms with Crippen LogP contribution in [0.3, 0.4) is 0 Å². The second kappa shape index (κ2) is 5.13. The van der Waals surface area contributed by atoms with Crippen molar-refractivity contribution in [2.45, 2.75) is 47.6 Å². The van der Waals surface area contributed by atoms with E-state index < -0.39 is 0 Å². The molecule has 19 heavy (non-hydrogen) atoms. The summed E-state index contributed by atoms with van der Waals surface area (Å²) in [6, 6.07) is 2.07. The van der Waals surface area contributed by atoms with Crippen molar-refractivity contribution in [3.63, 3.8) is 0 Å². The molecule has 0 fully saturated rings. The van der Waals surface area contributed by atoms with Gasteiger partial charge >= 0.3 is 0 Å². The Kier molecular flexibility index (Phi) is 3.71. The van der Waals surface area contributed by atoms with Crippen LogP contribution in [0.5, 0.6) is 0 Å². The van der Waals surface area contributed by atoms with E-state index in [1.54, 1.807) is 0 Å². The van der Waals surface area contributed by atoms with E-state index in [9.17, 15) is 0 Å². The van der Waals surface area contributed by atoms with Crippen LogP contribution in [0.4, 0.5) is 0 Å². The first-order valence-electron chi connectivity index (χ1n) is 6.72. The van der Waals surface area contributed by atoms with Gasteiger partial charge in [-0.1, -0.05) is 6.92 Å². The SMILES string of the molecule is CCc1c(C)nn(-c2nc(C)cc(C)c2CN)c1C. The number of hydrogen-bond donors (Lipinski definition) is 1. The summed E-state index contributed by atoms with van der Waals surface area (Å²) in [6.07, 6.45) is 0.987. The van der Waals surface area contributed by atoms with Crippen LogP contribution < -0.4 is 5.73 Å². The van der Waals surface area contributed by atoms with E-state index in [0.29, 0.717) is 6.54 Å². The summed E-state index contributed by atoms with van der Waals surface area (Å²) in [7, 11) is 0. The van der Waals surface area contributed by atoms with Gasteiger partial charge in [-0.3, -0.25) is 0 Å². The highest BCUT2D eigenvalue weighted by molar-refractivity contribution is 5.43. The molecule has 2 heterocycles. The zero-order chi connectivity index (χ0) is 14.2. The predicted molar refractivity (Wildman–Crippen MR) is 77.6 cm³/mol. The molecule has 0 bridgehead atoms. The first-order chi connectivity index (χ1) is 8.99. The minimum absolute atomic E-state index is 0.480. The van der Waals surface area contributed by atoms with E-state index in [1.165, 1.54) is 11.1 Å². The topological polar surface area (TPSA) is 56.7 Å². The molecule has 4 heteroatoms. The summed E-state index contributed by atoms with van der Waals surface area (Å²) in [5, 5.41) is 4.64. The lowest BCUT2D eigenvalue weighted by molar-refractivity contribution is 0.779. The number of nitrogens with two attached hydrogens (primary N) is 1. The van der Waals surface area contributed by atoms with Gasteiger partial charge in [0, 0.05) is 23.5 Å². The van der Waals surface area contributed by atoms with E-state index >= 15 is 0 Å². The molecule has 2 rings (SSSR count). The molecule has 102 valence electrons. The number of aromatic nitrogens is 3. The molecule has 0 aliphatic rings. The molecule has 0 aromatic carbocycles. The first-order valence-corrected chi connectivity index (χ1v) is 6.72. The largest absolute Gasteiger partial charge is 0.326 e. The quantitative estimate of drug-likeness (QED) is 0.920. The lowest BCUT2D eigenvalue weighted by Gasteiger charge is -2.13. The highest BCUT2D eigenvalue weighted by atomic mass is 15.3. The van der Waals surface area contributed by atoms with Gasteiger partial charge < -0.3 is 5.73 Å². The Labute approximate surface area is 114 Å². The number of hydrogen-bond acceptors (Lipinski definition) is 3. The van der Waals surface area contributed by atoms with Crippen LogP contribution in [0.25, 0.3) is 5.82 Å². The molecule has 2 aromatic heterocycles. The summed E-state index contributed by atoms with van der Waals surface area (Å²) in [6.45, 7) is 10.9. The van der Waals surface area contributed by atoms with Crippen molar-refractivity contribution in [3.8, 4) is 5.82 Å². The van der Waals surface area contributed by atoms with Gasteiger partial charge in [-0.15, -0.1) is 0 Å². The van der Waals surface area contributed by atoms with Crippen LogP contribution >= 0.6 is 0 Å². The van der Waals surface area contributed by atoms with Crippen molar-refractivity contribution in [3.05, 3.63) is 39.8 Å². The fourth-order valence-electron chi connectivity index (χ4n) is 2.66. The molecule has 2 N–H and O–H groups in total. The third kappa shape index (κ3) is 2.28. The van der Waals surface area contributed by atoms with Crippen molar-refractivity contribution in [1.29, 1.82) is 0 Å². The van der Waals surface area contributed by atoms with Crippen LogP contribution in [0.2, 0.25) is 0 Å². The minimum atomic E-state index is 0.480. The average Bonchev–Trinajstić information content (AvgIpc) is 2.63. The molecule has 0 aliphatic carbocycles. The molecule has 0 saturated carbocycles. The molecular weight excluding hydrogens is 236 g/mol. The van der Waals surface area contributed by atoms with Gasteiger partial charge in [0.1, 0.15) is 0 Å². The molecule has 0 atom stereocenters. The summed E-state index contributed by atoms with van der Waals surface area (Å²) in [5.74, 6) is 0.875. The van der Waals surface area contributed by atoms with Gasteiger partial charge in [0.25, 0.3) is 0 Å². The third-order valence-electron chi connectivity index (χ3n) is 3.65. The molecule has 0 aliphatic heterocycles. The lowest BCUT2D eigenvalue weighted by atomic mass is 10.1. The summed E-state index contributed by atoms with van der Waals surface area (Å²) in [4.78, 5) is 4.65. The van der Waals surface area contributed by atoms with Crippen LogP contribution in [0.15, 0.2) is 6.07 Å². The maximum absolute atomic E-state index is 5.89. The second-order valence-electron chi connectivity index (χ2n) is 5.00. The van der Waals surface area contributed by atoms with E-state index in [0.717, 1.165) is 34.9 Å². The Morgan fingerprint density at radius 1 is 1.16 bits per heavy atom. The van der Waals surface area contributed by atoms with Crippen molar-refractivity contribution >= 4 is 0 Å². The summed E-state index contributed by atoms with van der Waals surface area (Å²) < 4.78 is 1.94. The number of aryl methyl sites for hydroxylation is 3. The smallest absolute Gasteiger partial charge is 0.158 e. The standard InChI is InChI=1S/C15H22N4/c1-6-13-11(4)18-19(12(13)5)15-14(8-16)9(2)7-10(3)17-15/h7H,6,8,16H2,1-5H3. The van der Waals surface area contributed by atoms with E-state index in [4.69, 9.17) is 5.73 Å². The van der Waals surface area contributed by atoms with Gasteiger partial charge in [0.05, 0.1) is 5.69 Å². The number of pyridine rings is 1. The zero-order valence-corrected chi connectivity index (χ0v) is 12.4. The normalized spacial score (nSPS) is 11.1. The monoisotopic (exact) mass is 258 g/mol.